The van der Waals surface area contributed by atoms with Crippen LogP contribution in [0.3, 0.4) is 0 Å². The largest absolute Gasteiger partial charge is 0.375 e. The van der Waals surface area contributed by atoms with Crippen LogP contribution in [0.1, 0.15) is 30.6 Å². The smallest absolute Gasteiger partial charge is 0.180 e. The zero-order chi connectivity index (χ0) is 12.4. The Morgan fingerprint density at radius 1 is 1.30 bits per heavy atom. The van der Waals surface area contributed by atoms with Crippen LogP contribution < -0.4 is 11.1 Å². The molecule has 20 heavy (non-hydrogen) atoms. The Balaban J connectivity index is 0.000001000. The Kier molecular flexibility index (Phi) is 7.54. The van der Waals surface area contributed by atoms with Crippen molar-refractivity contribution in [3.63, 3.8) is 0 Å². The lowest BCUT2D eigenvalue weighted by Gasteiger charge is -2.34. The van der Waals surface area contributed by atoms with Gasteiger partial charge in [0.05, 0.1) is 0 Å². The number of rotatable bonds is 3. The standard InChI is InChI=1S/C13H22N4S.2ClH/c14-13-16-8-11(18-13)9-17-6-3-10(4-7-17)12-2-1-5-15-12;;/h8,10,12,15H,1-7,9H2,(H2,14,16);2*1H. The SMILES string of the molecule is Cl.Cl.Nc1ncc(CN2CCC(C3CCCN3)CC2)s1. The van der Waals surface area contributed by atoms with Crippen molar-refractivity contribution in [2.24, 2.45) is 5.92 Å². The lowest BCUT2D eigenvalue weighted by molar-refractivity contribution is 0.158. The number of thiazole rings is 1. The zero-order valence-electron chi connectivity index (χ0n) is 11.6. The van der Waals surface area contributed by atoms with Gasteiger partial charge in [0, 0.05) is 23.7 Å². The number of likely N-dealkylation sites (tertiary alicyclic amines) is 1. The van der Waals surface area contributed by atoms with E-state index in [9.17, 15) is 0 Å². The third-order valence-corrected chi connectivity index (χ3v) is 5.06. The third kappa shape index (κ3) is 4.46. The molecule has 3 rings (SSSR count). The number of hydrogen-bond acceptors (Lipinski definition) is 5. The maximum Gasteiger partial charge on any atom is 0.180 e. The Labute approximate surface area is 137 Å². The van der Waals surface area contributed by atoms with E-state index in [1.807, 2.05) is 6.20 Å². The van der Waals surface area contributed by atoms with E-state index in [1.54, 1.807) is 11.3 Å². The minimum atomic E-state index is 0. The molecule has 2 saturated heterocycles. The first-order chi connectivity index (χ1) is 8.81. The first-order valence-electron chi connectivity index (χ1n) is 6.97. The van der Waals surface area contributed by atoms with Crippen molar-refractivity contribution in [1.82, 2.24) is 15.2 Å². The van der Waals surface area contributed by atoms with Crippen molar-refractivity contribution in [3.05, 3.63) is 11.1 Å². The average Bonchev–Trinajstić information content (AvgIpc) is 3.02. The van der Waals surface area contributed by atoms with Gasteiger partial charge in [0.2, 0.25) is 0 Å². The van der Waals surface area contributed by atoms with Gasteiger partial charge in [-0.25, -0.2) is 4.98 Å². The van der Waals surface area contributed by atoms with E-state index in [1.165, 1.54) is 50.2 Å². The van der Waals surface area contributed by atoms with E-state index in [0.29, 0.717) is 5.13 Å². The van der Waals surface area contributed by atoms with Gasteiger partial charge >= 0.3 is 0 Å². The van der Waals surface area contributed by atoms with Gasteiger partial charge in [0.1, 0.15) is 0 Å². The van der Waals surface area contributed by atoms with Crippen LogP contribution in [0.15, 0.2) is 6.20 Å². The van der Waals surface area contributed by atoms with Gasteiger partial charge in [0.25, 0.3) is 0 Å². The fraction of sp³-hybridized carbons (Fsp3) is 0.769. The summed E-state index contributed by atoms with van der Waals surface area (Å²) in [5.41, 5.74) is 5.67. The highest BCUT2D eigenvalue weighted by molar-refractivity contribution is 7.15. The number of nitrogen functional groups attached to an aromatic ring is 1. The molecule has 2 fully saturated rings. The van der Waals surface area contributed by atoms with Crippen molar-refractivity contribution in [1.29, 1.82) is 0 Å². The molecule has 2 aliphatic heterocycles. The highest BCUT2D eigenvalue weighted by atomic mass is 35.5. The molecule has 1 unspecified atom stereocenters. The molecule has 1 aromatic heterocycles. The summed E-state index contributed by atoms with van der Waals surface area (Å²) in [7, 11) is 0. The van der Waals surface area contributed by atoms with Crippen LogP contribution in [-0.4, -0.2) is 35.6 Å². The van der Waals surface area contributed by atoms with Crippen LogP contribution >= 0.6 is 36.2 Å². The number of hydrogen-bond donors (Lipinski definition) is 2. The quantitative estimate of drug-likeness (QED) is 0.889. The predicted molar refractivity (Wildman–Crippen MR) is 90.0 cm³/mol. The van der Waals surface area contributed by atoms with Gasteiger partial charge in [-0.15, -0.1) is 36.2 Å². The van der Waals surface area contributed by atoms with Crippen molar-refractivity contribution in [3.8, 4) is 0 Å². The first-order valence-corrected chi connectivity index (χ1v) is 7.79. The van der Waals surface area contributed by atoms with Crippen LogP contribution in [-0.2, 0) is 6.54 Å². The molecule has 0 amide bonds. The molecular formula is C13H24Cl2N4S. The third-order valence-electron chi connectivity index (χ3n) is 4.25. The molecule has 3 N–H and O–H groups in total. The molecule has 0 aromatic carbocycles. The normalized spacial score (nSPS) is 24.1. The maximum absolute atomic E-state index is 5.67. The van der Waals surface area contributed by atoms with Crippen molar-refractivity contribution in [2.75, 3.05) is 25.4 Å². The van der Waals surface area contributed by atoms with E-state index in [-0.39, 0.29) is 24.8 Å². The van der Waals surface area contributed by atoms with Gasteiger partial charge < -0.3 is 11.1 Å². The zero-order valence-corrected chi connectivity index (χ0v) is 14.0. The van der Waals surface area contributed by atoms with E-state index in [0.717, 1.165) is 18.5 Å². The summed E-state index contributed by atoms with van der Waals surface area (Å²) in [5, 5.41) is 4.34. The second-order valence-electron chi connectivity index (χ2n) is 5.48. The molecule has 0 aliphatic carbocycles. The predicted octanol–water partition coefficient (Wildman–Crippen LogP) is 2.53. The number of nitrogens with two attached hydrogens (primary N) is 1. The van der Waals surface area contributed by atoms with Gasteiger partial charge in [0.15, 0.2) is 5.13 Å². The summed E-state index contributed by atoms with van der Waals surface area (Å²) in [5.74, 6) is 0.898. The molecule has 0 bridgehead atoms. The molecule has 0 spiro atoms. The fourth-order valence-electron chi connectivity index (χ4n) is 3.24. The van der Waals surface area contributed by atoms with Crippen molar-refractivity contribution >= 4 is 41.3 Å². The number of aromatic nitrogens is 1. The van der Waals surface area contributed by atoms with E-state index >= 15 is 0 Å². The molecular weight excluding hydrogens is 315 g/mol. The summed E-state index contributed by atoms with van der Waals surface area (Å²) in [6.45, 7) is 4.70. The van der Waals surface area contributed by atoms with Crippen molar-refractivity contribution < 1.29 is 0 Å². The lowest BCUT2D eigenvalue weighted by atomic mass is 9.88. The summed E-state index contributed by atoms with van der Waals surface area (Å²) in [4.78, 5) is 7.96. The average molecular weight is 339 g/mol. The number of piperidine rings is 1. The van der Waals surface area contributed by atoms with Crippen molar-refractivity contribution in [2.45, 2.75) is 38.3 Å². The van der Waals surface area contributed by atoms with Gasteiger partial charge in [-0.3, -0.25) is 4.90 Å². The van der Waals surface area contributed by atoms with E-state index < -0.39 is 0 Å². The minimum Gasteiger partial charge on any atom is -0.375 e. The second kappa shape index (κ2) is 8.39. The summed E-state index contributed by atoms with van der Waals surface area (Å²) >= 11 is 1.62. The second-order valence-corrected chi connectivity index (χ2v) is 6.63. The maximum atomic E-state index is 5.67. The summed E-state index contributed by atoms with van der Waals surface area (Å²) in [6.07, 6.45) is 7.35. The van der Waals surface area contributed by atoms with E-state index in [4.69, 9.17) is 5.73 Å². The topological polar surface area (TPSA) is 54.2 Å². The molecule has 1 atom stereocenters. The van der Waals surface area contributed by atoms with Gasteiger partial charge in [-0.2, -0.15) is 0 Å². The lowest BCUT2D eigenvalue weighted by Crippen LogP contribution is -2.40. The Bertz CT molecular complexity index is 387. The highest BCUT2D eigenvalue weighted by Gasteiger charge is 2.28. The molecule has 2 aliphatic rings. The Hall–Kier alpha value is -0.0700. The van der Waals surface area contributed by atoms with E-state index in [2.05, 4.69) is 15.2 Å². The Morgan fingerprint density at radius 2 is 2.05 bits per heavy atom. The molecule has 7 heteroatoms. The molecule has 4 nitrogen and oxygen atoms in total. The molecule has 0 radical (unpaired) electrons. The Morgan fingerprint density at radius 3 is 2.60 bits per heavy atom. The highest BCUT2D eigenvalue weighted by Crippen LogP contribution is 2.27. The van der Waals surface area contributed by atoms with Crippen LogP contribution in [0.25, 0.3) is 0 Å². The van der Waals surface area contributed by atoms with Gasteiger partial charge in [-0.05, 0) is 51.2 Å². The summed E-state index contributed by atoms with van der Waals surface area (Å²) < 4.78 is 0. The monoisotopic (exact) mass is 338 g/mol. The van der Waals surface area contributed by atoms with Crippen LogP contribution in [0.5, 0.6) is 0 Å². The van der Waals surface area contributed by atoms with Crippen LogP contribution in [0, 0.1) is 5.92 Å². The number of halogens is 2. The molecule has 1 aromatic rings. The van der Waals surface area contributed by atoms with Gasteiger partial charge in [-0.1, -0.05) is 0 Å². The number of nitrogens with zero attached hydrogens (tertiary/aromatic N) is 2. The molecule has 116 valence electrons. The fourth-order valence-corrected chi connectivity index (χ4v) is 3.97. The minimum absolute atomic E-state index is 0. The molecule has 0 saturated carbocycles. The van der Waals surface area contributed by atoms with Crippen LogP contribution in [0.4, 0.5) is 5.13 Å². The summed E-state index contributed by atoms with van der Waals surface area (Å²) in [6, 6.07) is 0.797. The number of anilines is 1. The first kappa shape index (κ1) is 18.0. The number of nitrogens with one attached hydrogen (secondary N) is 1. The van der Waals surface area contributed by atoms with Crippen LogP contribution in [0.2, 0.25) is 0 Å². The molecule has 3 heterocycles.